The molecule has 3 aliphatic rings. The van der Waals surface area contributed by atoms with E-state index < -0.39 is 0 Å². The number of hydrogen-bond donors (Lipinski definition) is 1. The van der Waals surface area contributed by atoms with Gasteiger partial charge in [0.15, 0.2) is 0 Å². The molecule has 16 heavy (non-hydrogen) atoms. The van der Waals surface area contributed by atoms with Crippen molar-refractivity contribution >= 4 is 5.91 Å². The van der Waals surface area contributed by atoms with Crippen LogP contribution in [0.5, 0.6) is 0 Å². The molecule has 0 radical (unpaired) electrons. The third-order valence-electron chi connectivity index (χ3n) is 4.54. The molecule has 0 aromatic carbocycles. The van der Waals surface area contributed by atoms with E-state index in [1.165, 1.54) is 38.5 Å². The zero-order valence-corrected chi connectivity index (χ0v) is 10.2. The van der Waals surface area contributed by atoms with Gasteiger partial charge in [0, 0.05) is 18.1 Å². The Balaban J connectivity index is 1.67. The highest BCUT2D eigenvalue weighted by Gasteiger charge is 2.44. The van der Waals surface area contributed by atoms with Crippen molar-refractivity contribution in [3.8, 4) is 0 Å². The molecule has 0 aromatic heterocycles. The van der Waals surface area contributed by atoms with Crippen LogP contribution in [0, 0.1) is 0 Å². The Morgan fingerprint density at radius 2 is 2.00 bits per heavy atom. The number of hydrogen-bond acceptors (Lipinski definition) is 2. The summed E-state index contributed by atoms with van der Waals surface area (Å²) in [4.78, 5) is 14.6. The third-order valence-corrected chi connectivity index (χ3v) is 4.54. The molecule has 3 rings (SSSR count). The summed E-state index contributed by atoms with van der Waals surface area (Å²) in [6, 6.07) is 0.766. The van der Waals surface area contributed by atoms with Gasteiger partial charge < -0.3 is 10.2 Å². The molecule has 1 atom stereocenters. The average molecular weight is 222 g/mol. The van der Waals surface area contributed by atoms with E-state index in [2.05, 4.69) is 17.1 Å². The van der Waals surface area contributed by atoms with E-state index in [4.69, 9.17) is 0 Å². The predicted octanol–water partition coefficient (Wildman–Crippen LogP) is 1.67. The highest BCUT2D eigenvalue weighted by molar-refractivity contribution is 5.83. The first-order chi connectivity index (χ1) is 7.69. The molecule has 2 saturated carbocycles. The lowest BCUT2D eigenvalue weighted by atomic mass is 9.76. The second-order valence-electron chi connectivity index (χ2n) is 5.98. The Labute approximate surface area is 97.6 Å². The molecule has 3 heteroatoms. The van der Waals surface area contributed by atoms with Gasteiger partial charge in [-0.15, -0.1) is 0 Å². The monoisotopic (exact) mass is 222 g/mol. The number of carbonyl (C=O) groups is 1. The first-order valence-corrected chi connectivity index (χ1v) is 6.77. The van der Waals surface area contributed by atoms with Crippen LogP contribution in [-0.4, -0.2) is 35.0 Å². The molecule has 0 aromatic rings. The minimum Gasteiger partial charge on any atom is -0.336 e. The number of carbonyl (C=O) groups excluding carboxylic acids is 1. The Hall–Kier alpha value is -0.570. The summed E-state index contributed by atoms with van der Waals surface area (Å²) in [6.07, 6.45) is 8.44. The molecule has 1 N–H and O–H groups in total. The Morgan fingerprint density at radius 1 is 1.25 bits per heavy atom. The van der Waals surface area contributed by atoms with Crippen molar-refractivity contribution in [1.29, 1.82) is 0 Å². The van der Waals surface area contributed by atoms with Crippen molar-refractivity contribution in [3.05, 3.63) is 0 Å². The second-order valence-corrected chi connectivity index (χ2v) is 5.98. The van der Waals surface area contributed by atoms with E-state index >= 15 is 0 Å². The van der Waals surface area contributed by atoms with Crippen molar-refractivity contribution in [2.24, 2.45) is 0 Å². The van der Waals surface area contributed by atoms with Gasteiger partial charge >= 0.3 is 0 Å². The second kappa shape index (κ2) is 3.73. The normalized spacial score (nSPS) is 33.7. The summed E-state index contributed by atoms with van der Waals surface area (Å²) in [5.41, 5.74) is 0.195. The molecule has 90 valence electrons. The van der Waals surface area contributed by atoms with Crippen LogP contribution in [0.4, 0.5) is 0 Å². The topological polar surface area (TPSA) is 32.3 Å². The lowest BCUT2D eigenvalue weighted by Gasteiger charge is -2.50. The highest BCUT2D eigenvalue weighted by atomic mass is 16.2. The molecule has 1 heterocycles. The number of amides is 1. The number of likely N-dealkylation sites (tertiary alicyclic amines) is 1. The first-order valence-electron chi connectivity index (χ1n) is 6.77. The van der Waals surface area contributed by atoms with Gasteiger partial charge in [0.2, 0.25) is 5.91 Å². The number of nitrogens with zero attached hydrogens (tertiary/aromatic N) is 1. The van der Waals surface area contributed by atoms with Crippen LogP contribution in [0.15, 0.2) is 0 Å². The molecule has 0 bridgehead atoms. The largest absolute Gasteiger partial charge is 0.336 e. The fourth-order valence-electron chi connectivity index (χ4n) is 3.06. The van der Waals surface area contributed by atoms with E-state index in [1.807, 2.05) is 0 Å². The van der Waals surface area contributed by atoms with Gasteiger partial charge in [-0.05, 0) is 51.9 Å². The summed E-state index contributed by atoms with van der Waals surface area (Å²) in [5.74, 6) is 0.375. The first kappa shape index (κ1) is 10.6. The molecule has 1 unspecified atom stereocenters. The van der Waals surface area contributed by atoms with Crippen molar-refractivity contribution in [1.82, 2.24) is 10.2 Å². The molecule has 2 aliphatic carbocycles. The highest BCUT2D eigenvalue weighted by Crippen LogP contribution is 2.39. The van der Waals surface area contributed by atoms with Crippen LogP contribution in [0.25, 0.3) is 0 Å². The van der Waals surface area contributed by atoms with Crippen molar-refractivity contribution in [2.45, 2.75) is 69.5 Å². The van der Waals surface area contributed by atoms with E-state index in [0.717, 1.165) is 13.0 Å². The van der Waals surface area contributed by atoms with E-state index in [9.17, 15) is 4.79 Å². The maximum absolute atomic E-state index is 12.4. The fraction of sp³-hybridized carbons (Fsp3) is 0.923. The molecule has 1 saturated heterocycles. The van der Waals surface area contributed by atoms with Gasteiger partial charge in [0.25, 0.3) is 0 Å². The van der Waals surface area contributed by atoms with Gasteiger partial charge in [-0.2, -0.15) is 0 Å². The van der Waals surface area contributed by atoms with E-state index in [-0.39, 0.29) is 11.6 Å². The van der Waals surface area contributed by atoms with Gasteiger partial charge in [-0.3, -0.25) is 4.79 Å². The molecule has 1 amide bonds. The smallest absolute Gasteiger partial charge is 0.240 e. The van der Waals surface area contributed by atoms with Crippen molar-refractivity contribution in [3.63, 3.8) is 0 Å². The zero-order valence-electron chi connectivity index (χ0n) is 10.2. The molecule has 1 aliphatic heterocycles. The van der Waals surface area contributed by atoms with Crippen LogP contribution in [-0.2, 0) is 4.79 Å². The van der Waals surface area contributed by atoms with Crippen LogP contribution in [0.2, 0.25) is 0 Å². The Morgan fingerprint density at radius 3 is 2.56 bits per heavy atom. The van der Waals surface area contributed by atoms with Crippen LogP contribution in [0.3, 0.4) is 0 Å². The third kappa shape index (κ3) is 1.75. The van der Waals surface area contributed by atoms with Gasteiger partial charge in [0.1, 0.15) is 0 Å². The van der Waals surface area contributed by atoms with E-state index in [0.29, 0.717) is 11.9 Å². The summed E-state index contributed by atoms with van der Waals surface area (Å²) in [7, 11) is 0. The standard InChI is InChI=1S/C13H22N2O/c1-13(7-3-8-13)15-9-2-4-11(12(15)16)14-10-5-6-10/h10-11,14H,2-9H2,1H3. The van der Waals surface area contributed by atoms with Gasteiger partial charge in [-0.1, -0.05) is 0 Å². The maximum Gasteiger partial charge on any atom is 0.240 e. The maximum atomic E-state index is 12.4. The van der Waals surface area contributed by atoms with Gasteiger partial charge in [-0.25, -0.2) is 0 Å². The number of rotatable bonds is 3. The summed E-state index contributed by atoms with van der Waals surface area (Å²) in [6.45, 7) is 3.24. The lowest BCUT2D eigenvalue weighted by molar-refractivity contribution is -0.146. The molecule has 0 spiro atoms. The predicted molar refractivity (Wildman–Crippen MR) is 63.1 cm³/mol. The lowest BCUT2D eigenvalue weighted by Crippen LogP contribution is -2.61. The average Bonchev–Trinajstić information content (AvgIpc) is 3.02. The zero-order chi connectivity index (χ0) is 11.2. The Bertz CT molecular complexity index is 294. The van der Waals surface area contributed by atoms with Crippen LogP contribution < -0.4 is 5.32 Å². The van der Waals surface area contributed by atoms with E-state index in [1.54, 1.807) is 0 Å². The van der Waals surface area contributed by atoms with Crippen LogP contribution in [0.1, 0.15) is 51.9 Å². The molecule has 3 nitrogen and oxygen atoms in total. The molecular formula is C13H22N2O. The quantitative estimate of drug-likeness (QED) is 0.788. The summed E-state index contributed by atoms with van der Waals surface area (Å²) >= 11 is 0. The van der Waals surface area contributed by atoms with Crippen molar-refractivity contribution < 1.29 is 4.79 Å². The number of nitrogens with one attached hydrogen (secondary N) is 1. The molecular weight excluding hydrogens is 200 g/mol. The van der Waals surface area contributed by atoms with Crippen LogP contribution >= 0.6 is 0 Å². The van der Waals surface area contributed by atoms with Gasteiger partial charge in [0.05, 0.1) is 6.04 Å². The Kier molecular flexibility index (Phi) is 2.46. The molecule has 3 fully saturated rings. The minimum atomic E-state index is 0.124. The fourth-order valence-corrected chi connectivity index (χ4v) is 3.06. The summed E-state index contributed by atoms with van der Waals surface area (Å²) < 4.78 is 0. The SMILES string of the molecule is CC1(N2CCCC(NC3CC3)C2=O)CCC1. The summed E-state index contributed by atoms with van der Waals surface area (Å²) in [5, 5.41) is 3.50. The number of piperidine rings is 1. The van der Waals surface area contributed by atoms with Crippen molar-refractivity contribution in [2.75, 3.05) is 6.54 Å². The minimum absolute atomic E-state index is 0.124.